The van der Waals surface area contributed by atoms with Gasteiger partial charge in [-0.15, -0.1) is 0 Å². The van der Waals surface area contributed by atoms with Crippen molar-refractivity contribution in [2.75, 3.05) is 18.0 Å². The molecule has 2 aromatic rings. The summed E-state index contributed by atoms with van der Waals surface area (Å²) >= 11 is 5.85. The monoisotopic (exact) mass is 273 g/mol. The Bertz CT molecular complexity index is 565. The zero-order valence-corrected chi connectivity index (χ0v) is 11.5. The van der Waals surface area contributed by atoms with E-state index in [2.05, 4.69) is 39.1 Å². The standard InChI is InChI=1S/C15H16ClN3/c16-15-17-8-7-14(18-15)12-5-4-6-13(11-12)19-9-2-1-3-10-19/h4-8,11H,1-3,9-10H2. The number of hydrogen-bond donors (Lipinski definition) is 0. The van der Waals surface area contributed by atoms with E-state index in [9.17, 15) is 0 Å². The zero-order chi connectivity index (χ0) is 13.1. The van der Waals surface area contributed by atoms with E-state index in [4.69, 9.17) is 11.6 Å². The lowest BCUT2D eigenvalue weighted by molar-refractivity contribution is 0.578. The first kappa shape index (κ1) is 12.4. The van der Waals surface area contributed by atoms with Crippen LogP contribution in [0.25, 0.3) is 11.3 Å². The van der Waals surface area contributed by atoms with Gasteiger partial charge >= 0.3 is 0 Å². The molecule has 19 heavy (non-hydrogen) atoms. The number of aromatic nitrogens is 2. The molecule has 1 aliphatic heterocycles. The molecule has 98 valence electrons. The van der Waals surface area contributed by atoms with Crippen molar-refractivity contribution in [1.29, 1.82) is 0 Å². The highest BCUT2D eigenvalue weighted by Crippen LogP contribution is 2.25. The quantitative estimate of drug-likeness (QED) is 0.780. The molecule has 1 fully saturated rings. The molecule has 1 aromatic carbocycles. The van der Waals surface area contributed by atoms with Crippen LogP contribution < -0.4 is 4.90 Å². The number of halogens is 1. The fourth-order valence-electron chi connectivity index (χ4n) is 2.51. The molecule has 1 aliphatic rings. The van der Waals surface area contributed by atoms with Crippen molar-refractivity contribution in [3.63, 3.8) is 0 Å². The van der Waals surface area contributed by atoms with Gasteiger partial charge in [-0.1, -0.05) is 12.1 Å². The number of hydrogen-bond acceptors (Lipinski definition) is 3. The largest absolute Gasteiger partial charge is 0.372 e. The maximum Gasteiger partial charge on any atom is 0.222 e. The number of nitrogens with zero attached hydrogens (tertiary/aromatic N) is 3. The van der Waals surface area contributed by atoms with Gasteiger partial charge in [-0.05, 0) is 49.1 Å². The minimum absolute atomic E-state index is 0.292. The Kier molecular flexibility index (Phi) is 3.65. The molecule has 3 rings (SSSR count). The van der Waals surface area contributed by atoms with Gasteiger partial charge in [0.2, 0.25) is 5.28 Å². The van der Waals surface area contributed by atoms with Crippen molar-refractivity contribution in [3.05, 3.63) is 41.8 Å². The zero-order valence-electron chi connectivity index (χ0n) is 10.7. The highest BCUT2D eigenvalue weighted by atomic mass is 35.5. The minimum Gasteiger partial charge on any atom is -0.372 e. The van der Waals surface area contributed by atoms with E-state index < -0.39 is 0 Å². The third-order valence-corrected chi connectivity index (χ3v) is 3.67. The van der Waals surface area contributed by atoms with E-state index in [1.54, 1.807) is 6.20 Å². The Hall–Kier alpha value is -1.61. The summed E-state index contributed by atoms with van der Waals surface area (Å²) in [5, 5.41) is 0.292. The van der Waals surface area contributed by atoms with Gasteiger partial charge in [0.1, 0.15) is 0 Å². The van der Waals surface area contributed by atoms with Crippen molar-refractivity contribution < 1.29 is 0 Å². The minimum atomic E-state index is 0.292. The van der Waals surface area contributed by atoms with Crippen molar-refractivity contribution >= 4 is 17.3 Å². The molecular formula is C15H16ClN3. The van der Waals surface area contributed by atoms with E-state index in [1.165, 1.54) is 24.9 Å². The lowest BCUT2D eigenvalue weighted by Crippen LogP contribution is -2.29. The summed E-state index contributed by atoms with van der Waals surface area (Å²) in [6, 6.07) is 10.4. The summed E-state index contributed by atoms with van der Waals surface area (Å²) in [5.41, 5.74) is 3.23. The van der Waals surface area contributed by atoms with Crippen LogP contribution in [-0.4, -0.2) is 23.1 Å². The van der Waals surface area contributed by atoms with Gasteiger partial charge in [0.15, 0.2) is 0 Å². The highest BCUT2D eigenvalue weighted by Gasteiger charge is 2.11. The second-order valence-corrected chi connectivity index (χ2v) is 5.15. The summed E-state index contributed by atoms with van der Waals surface area (Å²) in [7, 11) is 0. The van der Waals surface area contributed by atoms with Crippen LogP contribution in [0.3, 0.4) is 0 Å². The van der Waals surface area contributed by atoms with Crippen molar-refractivity contribution in [1.82, 2.24) is 9.97 Å². The number of anilines is 1. The molecule has 0 unspecified atom stereocenters. The van der Waals surface area contributed by atoms with Crippen molar-refractivity contribution in [2.45, 2.75) is 19.3 Å². The third-order valence-electron chi connectivity index (χ3n) is 3.49. The van der Waals surface area contributed by atoms with Crippen LogP contribution in [0.2, 0.25) is 5.28 Å². The molecule has 4 heteroatoms. The summed E-state index contributed by atoms with van der Waals surface area (Å²) in [5.74, 6) is 0. The number of piperidine rings is 1. The smallest absolute Gasteiger partial charge is 0.222 e. The van der Waals surface area contributed by atoms with Crippen molar-refractivity contribution in [3.8, 4) is 11.3 Å². The lowest BCUT2D eigenvalue weighted by atomic mass is 10.1. The second-order valence-electron chi connectivity index (χ2n) is 4.81. The lowest BCUT2D eigenvalue weighted by Gasteiger charge is -2.29. The van der Waals surface area contributed by atoms with Crippen LogP contribution >= 0.6 is 11.6 Å². The van der Waals surface area contributed by atoms with Gasteiger partial charge in [-0.25, -0.2) is 9.97 Å². The van der Waals surface area contributed by atoms with Crippen LogP contribution in [0.1, 0.15) is 19.3 Å². The van der Waals surface area contributed by atoms with Gasteiger partial charge in [0.05, 0.1) is 5.69 Å². The molecule has 0 atom stereocenters. The van der Waals surface area contributed by atoms with Gasteiger partial charge in [0, 0.05) is 30.5 Å². The predicted octanol–water partition coefficient (Wildman–Crippen LogP) is 3.79. The second kappa shape index (κ2) is 5.57. The topological polar surface area (TPSA) is 29.0 Å². The summed E-state index contributed by atoms with van der Waals surface area (Å²) < 4.78 is 0. The average Bonchev–Trinajstić information content (AvgIpc) is 2.48. The van der Waals surface area contributed by atoms with E-state index in [0.717, 1.165) is 24.3 Å². The predicted molar refractivity (Wildman–Crippen MR) is 78.5 cm³/mol. The molecule has 1 aromatic heterocycles. The molecule has 0 spiro atoms. The number of rotatable bonds is 2. The maximum absolute atomic E-state index is 5.85. The van der Waals surface area contributed by atoms with Crippen LogP contribution in [0.5, 0.6) is 0 Å². The Labute approximate surface area is 118 Å². The van der Waals surface area contributed by atoms with E-state index in [1.807, 2.05) is 6.07 Å². The van der Waals surface area contributed by atoms with Gasteiger partial charge in [-0.2, -0.15) is 0 Å². The molecule has 3 nitrogen and oxygen atoms in total. The Morgan fingerprint density at radius 1 is 1.05 bits per heavy atom. The normalized spacial score (nSPS) is 15.5. The molecule has 0 radical (unpaired) electrons. The Morgan fingerprint density at radius 2 is 1.89 bits per heavy atom. The van der Waals surface area contributed by atoms with E-state index in [-0.39, 0.29) is 0 Å². The third kappa shape index (κ3) is 2.87. The average molecular weight is 274 g/mol. The first-order valence-corrected chi connectivity index (χ1v) is 7.05. The van der Waals surface area contributed by atoms with Crippen molar-refractivity contribution in [2.24, 2.45) is 0 Å². The van der Waals surface area contributed by atoms with E-state index >= 15 is 0 Å². The highest BCUT2D eigenvalue weighted by molar-refractivity contribution is 6.28. The molecule has 0 amide bonds. The fraction of sp³-hybridized carbons (Fsp3) is 0.333. The molecule has 1 saturated heterocycles. The molecule has 0 N–H and O–H groups in total. The van der Waals surface area contributed by atoms with Gasteiger partial charge in [0.25, 0.3) is 0 Å². The number of benzene rings is 1. The van der Waals surface area contributed by atoms with Crippen LogP contribution in [0.15, 0.2) is 36.5 Å². The first-order valence-electron chi connectivity index (χ1n) is 6.67. The molecule has 0 bridgehead atoms. The van der Waals surface area contributed by atoms with Gasteiger partial charge in [-0.3, -0.25) is 0 Å². The SMILES string of the molecule is Clc1nccc(-c2cccc(N3CCCCC3)c2)n1. The molecule has 0 saturated carbocycles. The molecular weight excluding hydrogens is 258 g/mol. The molecule has 0 aliphatic carbocycles. The fourth-order valence-corrected chi connectivity index (χ4v) is 2.66. The van der Waals surface area contributed by atoms with Gasteiger partial charge < -0.3 is 4.90 Å². The Morgan fingerprint density at radius 3 is 2.68 bits per heavy atom. The summed E-state index contributed by atoms with van der Waals surface area (Å²) in [6.07, 6.45) is 5.60. The first-order chi connectivity index (χ1) is 9.33. The Balaban J connectivity index is 1.91. The molecule has 2 heterocycles. The maximum atomic E-state index is 5.85. The van der Waals surface area contributed by atoms with Crippen LogP contribution in [0.4, 0.5) is 5.69 Å². The van der Waals surface area contributed by atoms with E-state index in [0.29, 0.717) is 5.28 Å². The van der Waals surface area contributed by atoms with Crippen LogP contribution in [0, 0.1) is 0 Å². The van der Waals surface area contributed by atoms with Crippen LogP contribution in [-0.2, 0) is 0 Å². The summed E-state index contributed by atoms with van der Waals surface area (Å²) in [4.78, 5) is 10.6. The summed E-state index contributed by atoms with van der Waals surface area (Å²) in [6.45, 7) is 2.29.